The molecule has 0 spiro atoms. The molecular formula is C14H17Cl2F3N2. The van der Waals surface area contributed by atoms with Gasteiger partial charge in [-0.05, 0) is 43.1 Å². The first-order chi connectivity index (χ1) is 9.83. The third kappa shape index (κ3) is 5.66. The van der Waals surface area contributed by atoms with Gasteiger partial charge in [-0.25, -0.2) is 0 Å². The summed E-state index contributed by atoms with van der Waals surface area (Å²) in [5.74, 6) is 0.249. The van der Waals surface area contributed by atoms with E-state index in [4.69, 9.17) is 23.2 Å². The molecule has 1 aliphatic heterocycles. The second-order valence-corrected chi connectivity index (χ2v) is 6.22. The van der Waals surface area contributed by atoms with Crippen LogP contribution in [0.1, 0.15) is 12.0 Å². The molecule has 1 saturated heterocycles. The van der Waals surface area contributed by atoms with Crippen LogP contribution < -0.4 is 5.32 Å². The van der Waals surface area contributed by atoms with Crippen LogP contribution in [-0.4, -0.2) is 37.3 Å². The number of hydrogen-bond donors (Lipinski definition) is 1. The van der Waals surface area contributed by atoms with Gasteiger partial charge in [-0.3, -0.25) is 4.90 Å². The second kappa shape index (κ2) is 7.18. The van der Waals surface area contributed by atoms with E-state index >= 15 is 0 Å². The summed E-state index contributed by atoms with van der Waals surface area (Å²) in [5, 5.41) is 4.43. The Balaban J connectivity index is 1.72. The van der Waals surface area contributed by atoms with Gasteiger partial charge in [0.05, 0.1) is 6.54 Å². The summed E-state index contributed by atoms with van der Waals surface area (Å²) in [7, 11) is 0. The molecule has 7 heteroatoms. The first kappa shape index (κ1) is 16.9. The molecule has 1 atom stereocenters. The van der Waals surface area contributed by atoms with Gasteiger partial charge in [0.2, 0.25) is 0 Å². The van der Waals surface area contributed by atoms with E-state index in [1.165, 1.54) is 4.90 Å². The number of halogens is 5. The Morgan fingerprint density at radius 2 is 2.05 bits per heavy atom. The Hall–Kier alpha value is -0.490. The summed E-state index contributed by atoms with van der Waals surface area (Å²) in [6.07, 6.45) is -3.32. The number of hydrogen-bond acceptors (Lipinski definition) is 2. The quantitative estimate of drug-likeness (QED) is 0.872. The Kier molecular flexibility index (Phi) is 5.77. The molecule has 1 fully saturated rings. The molecule has 118 valence electrons. The largest absolute Gasteiger partial charge is 0.401 e. The lowest BCUT2D eigenvalue weighted by Crippen LogP contribution is -2.33. The van der Waals surface area contributed by atoms with Crippen LogP contribution in [0.3, 0.4) is 0 Å². The van der Waals surface area contributed by atoms with E-state index in [1.807, 2.05) is 6.07 Å². The van der Waals surface area contributed by atoms with Crippen molar-refractivity contribution < 1.29 is 13.2 Å². The van der Waals surface area contributed by atoms with E-state index in [1.54, 1.807) is 12.1 Å². The predicted molar refractivity (Wildman–Crippen MR) is 78.8 cm³/mol. The van der Waals surface area contributed by atoms with Crippen molar-refractivity contribution in [3.63, 3.8) is 0 Å². The van der Waals surface area contributed by atoms with Gasteiger partial charge in [-0.15, -0.1) is 0 Å². The molecule has 1 aliphatic rings. The maximum Gasteiger partial charge on any atom is 0.401 e. The molecule has 0 aromatic heterocycles. The standard InChI is InChI=1S/C14H17Cl2F3N2/c15-12-2-1-11(13(16)5-12)7-20-6-10-3-4-21(8-10)9-14(17,18)19/h1-2,5,10,20H,3-4,6-9H2. The predicted octanol–water partition coefficient (Wildman–Crippen LogP) is 3.97. The summed E-state index contributed by atoms with van der Waals surface area (Å²) >= 11 is 11.9. The van der Waals surface area contributed by atoms with Crippen LogP contribution in [0.4, 0.5) is 13.2 Å². The number of alkyl halides is 3. The summed E-state index contributed by atoms with van der Waals surface area (Å²) in [6.45, 7) is 1.46. The van der Waals surface area contributed by atoms with Crippen LogP contribution in [0.2, 0.25) is 10.0 Å². The maximum absolute atomic E-state index is 12.3. The molecule has 2 rings (SSSR count). The smallest absolute Gasteiger partial charge is 0.312 e. The molecule has 1 N–H and O–H groups in total. The lowest BCUT2D eigenvalue weighted by atomic mass is 10.1. The summed E-state index contributed by atoms with van der Waals surface area (Å²) in [4.78, 5) is 1.46. The molecule has 21 heavy (non-hydrogen) atoms. The van der Waals surface area contributed by atoms with Gasteiger partial charge < -0.3 is 5.32 Å². The van der Waals surface area contributed by atoms with Crippen molar-refractivity contribution in [1.82, 2.24) is 10.2 Å². The zero-order valence-corrected chi connectivity index (χ0v) is 12.9. The summed E-state index contributed by atoms with van der Waals surface area (Å²) < 4.78 is 36.9. The van der Waals surface area contributed by atoms with Crippen molar-refractivity contribution in [2.24, 2.45) is 5.92 Å². The SMILES string of the molecule is FC(F)(F)CN1CCC(CNCc2ccc(Cl)cc2Cl)C1. The minimum atomic E-state index is -4.11. The zero-order valence-electron chi connectivity index (χ0n) is 11.4. The number of nitrogens with one attached hydrogen (secondary N) is 1. The van der Waals surface area contributed by atoms with Crippen molar-refractivity contribution in [2.45, 2.75) is 19.1 Å². The minimum Gasteiger partial charge on any atom is -0.312 e. The van der Waals surface area contributed by atoms with Crippen molar-refractivity contribution >= 4 is 23.2 Å². The van der Waals surface area contributed by atoms with Crippen LogP contribution in [0.15, 0.2) is 18.2 Å². The number of benzene rings is 1. The first-order valence-corrected chi connectivity index (χ1v) is 7.53. The fourth-order valence-electron chi connectivity index (χ4n) is 2.55. The van der Waals surface area contributed by atoms with Crippen LogP contribution in [0.5, 0.6) is 0 Å². The highest BCUT2D eigenvalue weighted by atomic mass is 35.5. The average molecular weight is 341 g/mol. The van der Waals surface area contributed by atoms with Gasteiger partial charge >= 0.3 is 6.18 Å². The Morgan fingerprint density at radius 1 is 1.29 bits per heavy atom. The lowest BCUT2D eigenvalue weighted by Gasteiger charge is -2.18. The molecule has 2 nitrogen and oxygen atoms in total. The van der Waals surface area contributed by atoms with E-state index in [9.17, 15) is 13.2 Å². The van der Waals surface area contributed by atoms with Crippen molar-refractivity contribution in [2.75, 3.05) is 26.2 Å². The van der Waals surface area contributed by atoms with E-state index in [0.717, 1.165) is 12.0 Å². The topological polar surface area (TPSA) is 15.3 Å². The van der Waals surface area contributed by atoms with Gasteiger partial charge in [-0.2, -0.15) is 13.2 Å². The Morgan fingerprint density at radius 3 is 2.71 bits per heavy atom. The molecule has 0 amide bonds. The highest BCUT2D eigenvalue weighted by Crippen LogP contribution is 2.23. The lowest BCUT2D eigenvalue weighted by molar-refractivity contribution is -0.143. The fraction of sp³-hybridized carbons (Fsp3) is 0.571. The zero-order chi connectivity index (χ0) is 15.5. The van der Waals surface area contributed by atoms with E-state index in [0.29, 0.717) is 36.2 Å². The molecular weight excluding hydrogens is 324 g/mol. The second-order valence-electron chi connectivity index (χ2n) is 5.37. The van der Waals surface area contributed by atoms with Gasteiger partial charge in [0.1, 0.15) is 0 Å². The normalized spacial score (nSPS) is 20.1. The van der Waals surface area contributed by atoms with Gasteiger partial charge in [0.25, 0.3) is 0 Å². The van der Waals surface area contributed by atoms with Gasteiger partial charge in [-0.1, -0.05) is 29.3 Å². The number of rotatable bonds is 5. The highest BCUT2D eigenvalue weighted by Gasteiger charge is 2.34. The third-order valence-electron chi connectivity index (χ3n) is 3.54. The molecule has 1 aromatic rings. The Bertz CT molecular complexity index is 480. The highest BCUT2D eigenvalue weighted by molar-refractivity contribution is 6.35. The van der Waals surface area contributed by atoms with Crippen LogP contribution in [0, 0.1) is 5.92 Å². The molecule has 0 saturated carbocycles. The molecule has 1 aromatic carbocycles. The van der Waals surface area contributed by atoms with Crippen molar-refractivity contribution in [3.05, 3.63) is 33.8 Å². The first-order valence-electron chi connectivity index (χ1n) is 6.77. The number of nitrogens with zero attached hydrogens (tertiary/aromatic N) is 1. The van der Waals surface area contributed by atoms with Crippen LogP contribution >= 0.6 is 23.2 Å². The van der Waals surface area contributed by atoms with Crippen molar-refractivity contribution in [3.8, 4) is 0 Å². The molecule has 1 heterocycles. The third-order valence-corrected chi connectivity index (χ3v) is 4.12. The fourth-order valence-corrected chi connectivity index (χ4v) is 3.03. The Labute approximate surface area is 132 Å². The van der Waals surface area contributed by atoms with Crippen LogP contribution in [0.25, 0.3) is 0 Å². The minimum absolute atomic E-state index is 0.249. The van der Waals surface area contributed by atoms with Gasteiger partial charge in [0, 0.05) is 23.1 Å². The van der Waals surface area contributed by atoms with E-state index < -0.39 is 12.7 Å². The van der Waals surface area contributed by atoms with Crippen molar-refractivity contribution in [1.29, 1.82) is 0 Å². The van der Waals surface area contributed by atoms with E-state index in [2.05, 4.69) is 5.32 Å². The number of likely N-dealkylation sites (tertiary alicyclic amines) is 1. The average Bonchev–Trinajstić information content (AvgIpc) is 2.77. The summed E-state index contributed by atoms with van der Waals surface area (Å²) in [6, 6.07) is 5.30. The molecule has 0 aliphatic carbocycles. The monoisotopic (exact) mass is 340 g/mol. The molecule has 0 bridgehead atoms. The summed E-state index contributed by atoms with van der Waals surface area (Å²) in [5.41, 5.74) is 0.936. The maximum atomic E-state index is 12.3. The molecule has 1 unspecified atom stereocenters. The van der Waals surface area contributed by atoms with Gasteiger partial charge in [0.15, 0.2) is 0 Å². The van der Waals surface area contributed by atoms with E-state index in [-0.39, 0.29) is 5.92 Å². The molecule has 0 radical (unpaired) electrons. The van der Waals surface area contributed by atoms with Crippen LogP contribution in [-0.2, 0) is 6.54 Å².